The lowest BCUT2D eigenvalue weighted by molar-refractivity contribution is 0.0945. The van der Waals surface area contributed by atoms with Crippen molar-refractivity contribution in [2.45, 2.75) is 13.5 Å². The molecule has 1 amide bonds. The third kappa shape index (κ3) is 3.28. The first-order valence-electron chi connectivity index (χ1n) is 5.46. The van der Waals surface area contributed by atoms with Gasteiger partial charge in [-0.2, -0.15) is 0 Å². The van der Waals surface area contributed by atoms with Gasteiger partial charge in [-0.15, -0.1) is 0 Å². The predicted octanol–water partition coefficient (Wildman–Crippen LogP) is 2.37. The number of aryl methyl sites for hydroxylation is 1. The number of rotatable bonds is 3. The molecule has 0 aliphatic rings. The van der Waals surface area contributed by atoms with Crippen LogP contribution in [0.4, 0.5) is 0 Å². The van der Waals surface area contributed by atoms with E-state index in [4.69, 9.17) is 11.6 Å². The lowest BCUT2D eigenvalue weighted by Gasteiger charge is -2.05. The maximum atomic E-state index is 11.8. The Hall–Kier alpha value is -1.94. The maximum Gasteiger partial charge on any atom is 0.270 e. The Balaban J connectivity index is 1.98. The number of nitrogens with one attached hydrogen (secondary N) is 1. The Kier molecular flexibility index (Phi) is 3.89. The monoisotopic (exact) mass is 261 g/mol. The first-order valence-corrected chi connectivity index (χ1v) is 5.84. The van der Waals surface area contributed by atoms with E-state index in [1.165, 1.54) is 6.33 Å². The molecule has 1 aromatic carbocycles. The number of hydrogen-bond donors (Lipinski definition) is 1. The molecule has 0 spiro atoms. The van der Waals surface area contributed by atoms with Crippen LogP contribution >= 0.6 is 11.6 Å². The fourth-order valence-corrected chi connectivity index (χ4v) is 1.58. The van der Waals surface area contributed by atoms with Gasteiger partial charge in [-0.1, -0.05) is 23.7 Å². The second kappa shape index (κ2) is 5.60. The van der Waals surface area contributed by atoms with Gasteiger partial charge >= 0.3 is 0 Å². The zero-order valence-corrected chi connectivity index (χ0v) is 10.6. The Bertz CT molecular complexity index is 554. The SMILES string of the molecule is Cc1cc(C(=O)NCc2ccc(Cl)cc2)ncn1. The summed E-state index contributed by atoms with van der Waals surface area (Å²) < 4.78 is 0. The fourth-order valence-electron chi connectivity index (χ4n) is 1.45. The Morgan fingerprint density at radius 1 is 1.28 bits per heavy atom. The highest BCUT2D eigenvalue weighted by Crippen LogP contribution is 2.09. The quantitative estimate of drug-likeness (QED) is 0.923. The Morgan fingerprint density at radius 3 is 2.67 bits per heavy atom. The highest BCUT2D eigenvalue weighted by molar-refractivity contribution is 6.30. The molecule has 2 aromatic rings. The first-order chi connectivity index (χ1) is 8.65. The number of amides is 1. The molecule has 0 unspecified atom stereocenters. The van der Waals surface area contributed by atoms with E-state index in [0.29, 0.717) is 17.3 Å². The lowest BCUT2D eigenvalue weighted by atomic mass is 10.2. The third-order valence-corrected chi connectivity index (χ3v) is 2.65. The summed E-state index contributed by atoms with van der Waals surface area (Å²) in [6.45, 7) is 2.26. The molecule has 1 N–H and O–H groups in total. The van der Waals surface area contributed by atoms with Crippen LogP contribution in [-0.4, -0.2) is 15.9 Å². The molecule has 0 bridgehead atoms. The van der Waals surface area contributed by atoms with Crippen LogP contribution in [0, 0.1) is 6.92 Å². The van der Waals surface area contributed by atoms with Crippen LogP contribution in [0.15, 0.2) is 36.7 Å². The molecule has 0 radical (unpaired) electrons. The molecule has 1 heterocycles. The number of halogens is 1. The van der Waals surface area contributed by atoms with Crippen LogP contribution in [0.5, 0.6) is 0 Å². The van der Waals surface area contributed by atoms with Gasteiger partial charge in [0, 0.05) is 17.3 Å². The second-order valence-electron chi connectivity index (χ2n) is 3.85. The summed E-state index contributed by atoms with van der Waals surface area (Å²) in [7, 11) is 0. The van der Waals surface area contributed by atoms with Crippen LogP contribution in [0.1, 0.15) is 21.7 Å². The number of hydrogen-bond acceptors (Lipinski definition) is 3. The van der Waals surface area contributed by atoms with Crippen molar-refractivity contribution >= 4 is 17.5 Å². The van der Waals surface area contributed by atoms with Gasteiger partial charge in [0.15, 0.2) is 0 Å². The standard InChI is InChI=1S/C13H12ClN3O/c1-9-6-12(17-8-16-9)13(18)15-7-10-2-4-11(14)5-3-10/h2-6,8H,7H2,1H3,(H,15,18). The summed E-state index contributed by atoms with van der Waals surface area (Å²) in [5, 5.41) is 3.47. The zero-order valence-electron chi connectivity index (χ0n) is 9.85. The molecule has 2 rings (SSSR count). The molecule has 0 aliphatic heterocycles. The van der Waals surface area contributed by atoms with Gasteiger partial charge in [-0.25, -0.2) is 9.97 Å². The van der Waals surface area contributed by atoms with E-state index in [-0.39, 0.29) is 5.91 Å². The third-order valence-electron chi connectivity index (χ3n) is 2.40. The van der Waals surface area contributed by atoms with Crippen LogP contribution in [0.25, 0.3) is 0 Å². The van der Waals surface area contributed by atoms with Gasteiger partial charge in [0.1, 0.15) is 12.0 Å². The molecule has 4 nitrogen and oxygen atoms in total. The van der Waals surface area contributed by atoms with Crippen LogP contribution in [-0.2, 0) is 6.54 Å². The summed E-state index contributed by atoms with van der Waals surface area (Å²) in [6.07, 6.45) is 1.38. The van der Waals surface area contributed by atoms with Gasteiger partial charge in [-0.3, -0.25) is 4.79 Å². The lowest BCUT2D eigenvalue weighted by Crippen LogP contribution is -2.23. The van der Waals surface area contributed by atoms with E-state index in [2.05, 4.69) is 15.3 Å². The smallest absolute Gasteiger partial charge is 0.270 e. The van der Waals surface area contributed by atoms with Crippen LogP contribution < -0.4 is 5.32 Å². The number of benzene rings is 1. The van der Waals surface area contributed by atoms with E-state index in [1.54, 1.807) is 18.2 Å². The van der Waals surface area contributed by atoms with Crippen molar-refractivity contribution in [3.63, 3.8) is 0 Å². The van der Waals surface area contributed by atoms with E-state index in [1.807, 2.05) is 19.1 Å². The largest absolute Gasteiger partial charge is 0.347 e. The van der Waals surface area contributed by atoms with E-state index < -0.39 is 0 Å². The number of carbonyl (C=O) groups is 1. The van der Waals surface area contributed by atoms with Crippen molar-refractivity contribution in [1.82, 2.24) is 15.3 Å². The van der Waals surface area contributed by atoms with Crippen LogP contribution in [0.2, 0.25) is 5.02 Å². The molecule has 18 heavy (non-hydrogen) atoms. The molecular weight excluding hydrogens is 250 g/mol. The summed E-state index contributed by atoms with van der Waals surface area (Å²) >= 11 is 5.78. The average Bonchev–Trinajstić information content (AvgIpc) is 2.38. The average molecular weight is 262 g/mol. The minimum Gasteiger partial charge on any atom is -0.347 e. The Labute approximate surface area is 110 Å². The highest BCUT2D eigenvalue weighted by Gasteiger charge is 2.06. The van der Waals surface area contributed by atoms with Crippen molar-refractivity contribution in [3.05, 3.63) is 58.6 Å². The molecule has 5 heteroatoms. The van der Waals surface area contributed by atoms with Crippen molar-refractivity contribution in [2.75, 3.05) is 0 Å². The topological polar surface area (TPSA) is 54.9 Å². The summed E-state index contributed by atoms with van der Waals surface area (Å²) in [5.41, 5.74) is 2.12. The van der Waals surface area contributed by atoms with Crippen molar-refractivity contribution in [2.24, 2.45) is 0 Å². The molecule has 1 aromatic heterocycles. The van der Waals surface area contributed by atoms with E-state index >= 15 is 0 Å². The fraction of sp³-hybridized carbons (Fsp3) is 0.154. The predicted molar refractivity (Wildman–Crippen MR) is 69.4 cm³/mol. The van der Waals surface area contributed by atoms with Gasteiger partial charge in [-0.05, 0) is 30.7 Å². The Morgan fingerprint density at radius 2 is 2.00 bits per heavy atom. The van der Waals surface area contributed by atoms with E-state index in [9.17, 15) is 4.79 Å². The first kappa shape index (κ1) is 12.5. The molecule has 0 atom stereocenters. The zero-order chi connectivity index (χ0) is 13.0. The van der Waals surface area contributed by atoms with Gasteiger partial charge < -0.3 is 5.32 Å². The van der Waals surface area contributed by atoms with Gasteiger partial charge in [0.25, 0.3) is 5.91 Å². The van der Waals surface area contributed by atoms with Crippen molar-refractivity contribution in [1.29, 1.82) is 0 Å². The second-order valence-corrected chi connectivity index (χ2v) is 4.29. The maximum absolute atomic E-state index is 11.8. The molecule has 0 fully saturated rings. The molecular formula is C13H12ClN3O. The molecule has 0 saturated carbocycles. The minimum absolute atomic E-state index is 0.213. The molecule has 0 aliphatic carbocycles. The molecule has 92 valence electrons. The summed E-state index contributed by atoms with van der Waals surface area (Å²) in [6, 6.07) is 8.97. The highest BCUT2D eigenvalue weighted by atomic mass is 35.5. The van der Waals surface area contributed by atoms with Gasteiger partial charge in [0.05, 0.1) is 0 Å². The van der Waals surface area contributed by atoms with Crippen LogP contribution in [0.3, 0.4) is 0 Å². The number of aromatic nitrogens is 2. The normalized spacial score (nSPS) is 10.1. The number of carbonyl (C=O) groups excluding carboxylic acids is 1. The summed E-state index contributed by atoms with van der Waals surface area (Å²) in [5.74, 6) is -0.213. The summed E-state index contributed by atoms with van der Waals surface area (Å²) in [4.78, 5) is 19.7. The van der Waals surface area contributed by atoms with Crippen molar-refractivity contribution in [3.8, 4) is 0 Å². The van der Waals surface area contributed by atoms with Gasteiger partial charge in [0.2, 0.25) is 0 Å². The number of nitrogens with zero attached hydrogens (tertiary/aromatic N) is 2. The van der Waals surface area contributed by atoms with E-state index in [0.717, 1.165) is 11.3 Å². The minimum atomic E-state index is -0.213. The molecule has 0 saturated heterocycles. The van der Waals surface area contributed by atoms with Crippen molar-refractivity contribution < 1.29 is 4.79 Å².